The molecule has 7 heteroatoms. The molecule has 0 saturated carbocycles. The average Bonchev–Trinajstić information content (AvgIpc) is 3.28. The number of anilines is 1. The molecular weight excluding hydrogens is 381 g/mol. The molecule has 6 nitrogen and oxygen atoms in total. The summed E-state index contributed by atoms with van der Waals surface area (Å²) in [4.78, 5) is 24.2. The molecule has 1 aliphatic heterocycles. The Morgan fingerprint density at radius 2 is 2.00 bits per heavy atom. The van der Waals surface area contributed by atoms with Crippen molar-refractivity contribution < 1.29 is 9.18 Å². The number of fused-ring (bicyclic) bond motifs is 3. The SMILES string of the molecule is O=C(NCc1ccccc1F)C1CCCN(c2nc3ncccc3n3cccc23)C1. The van der Waals surface area contributed by atoms with E-state index in [4.69, 9.17) is 4.98 Å². The van der Waals surface area contributed by atoms with Gasteiger partial charge in [-0.3, -0.25) is 4.79 Å². The number of hydrogen-bond donors (Lipinski definition) is 1. The number of halogens is 1. The molecule has 0 bridgehead atoms. The fourth-order valence-corrected chi connectivity index (χ4v) is 4.18. The molecular formula is C23H22FN5O. The van der Waals surface area contributed by atoms with E-state index in [1.807, 2.05) is 30.5 Å². The van der Waals surface area contributed by atoms with Gasteiger partial charge in [0.1, 0.15) is 5.82 Å². The van der Waals surface area contributed by atoms with Crippen LogP contribution in [0.3, 0.4) is 0 Å². The van der Waals surface area contributed by atoms with Gasteiger partial charge in [-0.15, -0.1) is 0 Å². The van der Waals surface area contributed by atoms with E-state index in [0.717, 1.165) is 36.2 Å². The minimum absolute atomic E-state index is 0.0479. The van der Waals surface area contributed by atoms with Crippen LogP contribution in [0.5, 0.6) is 0 Å². The summed E-state index contributed by atoms with van der Waals surface area (Å²) in [6.07, 6.45) is 5.45. The number of nitrogens with zero attached hydrogens (tertiary/aromatic N) is 4. The summed E-state index contributed by atoms with van der Waals surface area (Å²) < 4.78 is 15.9. The van der Waals surface area contributed by atoms with Crippen LogP contribution in [0.15, 0.2) is 60.9 Å². The zero-order valence-electron chi connectivity index (χ0n) is 16.5. The minimum atomic E-state index is -0.299. The van der Waals surface area contributed by atoms with Crippen molar-refractivity contribution in [2.24, 2.45) is 5.92 Å². The second-order valence-corrected chi connectivity index (χ2v) is 7.64. The summed E-state index contributed by atoms with van der Waals surface area (Å²) in [6.45, 7) is 1.61. The number of rotatable bonds is 4. The van der Waals surface area contributed by atoms with Crippen LogP contribution in [0.4, 0.5) is 10.2 Å². The molecule has 1 fully saturated rings. The molecule has 152 valence electrons. The van der Waals surface area contributed by atoms with Crippen LogP contribution in [0, 0.1) is 11.7 Å². The van der Waals surface area contributed by atoms with E-state index in [9.17, 15) is 9.18 Å². The molecule has 1 atom stereocenters. The van der Waals surface area contributed by atoms with Crippen molar-refractivity contribution in [3.63, 3.8) is 0 Å². The van der Waals surface area contributed by atoms with Gasteiger partial charge in [0.05, 0.1) is 17.0 Å². The van der Waals surface area contributed by atoms with Gasteiger partial charge in [0.2, 0.25) is 5.91 Å². The van der Waals surface area contributed by atoms with E-state index >= 15 is 0 Å². The summed E-state index contributed by atoms with van der Waals surface area (Å²) in [5.41, 5.74) is 3.14. The van der Waals surface area contributed by atoms with Crippen LogP contribution in [0.1, 0.15) is 18.4 Å². The highest BCUT2D eigenvalue weighted by molar-refractivity contribution is 5.84. The Morgan fingerprint density at radius 3 is 2.90 bits per heavy atom. The van der Waals surface area contributed by atoms with Gasteiger partial charge in [-0.2, -0.15) is 0 Å². The number of nitrogens with one attached hydrogen (secondary N) is 1. The van der Waals surface area contributed by atoms with E-state index in [1.165, 1.54) is 6.07 Å². The second kappa shape index (κ2) is 7.74. The molecule has 3 aromatic heterocycles. The molecule has 30 heavy (non-hydrogen) atoms. The van der Waals surface area contributed by atoms with Gasteiger partial charge in [-0.05, 0) is 43.2 Å². The molecule has 1 aliphatic rings. The summed E-state index contributed by atoms with van der Waals surface area (Å²) in [6, 6.07) is 14.5. The number of carbonyl (C=O) groups excluding carboxylic acids is 1. The highest BCUT2D eigenvalue weighted by Gasteiger charge is 2.28. The van der Waals surface area contributed by atoms with E-state index < -0.39 is 0 Å². The first-order valence-electron chi connectivity index (χ1n) is 10.2. The molecule has 0 spiro atoms. The smallest absolute Gasteiger partial charge is 0.225 e. The number of carbonyl (C=O) groups is 1. The summed E-state index contributed by atoms with van der Waals surface area (Å²) >= 11 is 0. The quantitative estimate of drug-likeness (QED) is 0.566. The topological polar surface area (TPSA) is 62.5 Å². The largest absolute Gasteiger partial charge is 0.354 e. The average molecular weight is 403 g/mol. The van der Waals surface area contributed by atoms with Gasteiger partial charge in [0.25, 0.3) is 0 Å². The lowest BCUT2D eigenvalue weighted by molar-refractivity contribution is -0.125. The maximum absolute atomic E-state index is 13.8. The number of amides is 1. The van der Waals surface area contributed by atoms with Crippen molar-refractivity contribution in [2.75, 3.05) is 18.0 Å². The summed E-state index contributed by atoms with van der Waals surface area (Å²) in [5, 5.41) is 2.90. The summed E-state index contributed by atoms with van der Waals surface area (Å²) in [5.74, 6) is 0.333. The number of hydrogen-bond acceptors (Lipinski definition) is 4. The lowest BCUT2D eigenvalue weighted by Gasteiger charge is -2.33. The van der Waals surface area contributed by atoms with Crippen LogP contribution in [-0.4, -0.2) is 33.4 Å². The van der Waals surface area contributed by atoms with Gasteiger partial charge in [0.15, 0.2) is 11.5 Å². The van der Waals surface area contributed by atoms with E-state index in [0.29, 0.717) is 17.8 Å². The zero-order valence-corrected chi connectivity index (χ0v) is 16.5. The first-order valence-corrected chi connectivity index (χ1v) is 10.2. The maximum Gasteiger partial charge on any atom is 0.225 e. The van der Waals surface area contributed by atoms with Crippen molar-refractivity contribution >= 4 is 28.4 Å². The molecule has 1 saturated heterocycles. The monoisotopic (exact) mass is 403 g/mol. The van der Waals surface area contributed by atoms with Gasteiger partial charge < -0.3 is 14.6 Å². The van der Waals surface area contributed by atoms with E-state index in [2.05, 4.69) is 19.6 Å². The van der Waals surface area contributed by atoms with Gasteiger partial charge >= 0.3 is 0 Å². The first-order chi connectivity index (χ1) is 14.7. The van der Waals surface area contributed by atoms with Crippen LogP contribution in [-0.2, 0) is 11.3 Å². The fourth-order valence-electron chi connectivity index (χ4n) is 4.18. The van der Waals surface area contributed by atoms with Crippen molar-refractivity contribution in [1.82, 2.24) is 19.7 Å². The number of piperidine rings is 1. The highest BCUT2D eigenvalue weighted by atomic mass is 19.1. The molecule has 1 aromatic carbocycles. The van der Waals surface area contributed by atoms with E-state index in [1.54, 1.807) is 24.4 Å². The number of benzene rings is 1. The third-order valence-corrected chi connectivity index (χ3v) is 5.72. The lowest BCUT2D eigenvalue weighted by atomic mass is 9.97. The molecule has 4 heterocycles. The maximum atomic E-state index is 13.8. The molecule has 0 aliphatic carbocycles. The Labute approximate surface area is 173 Å². The highest BCUT2D eigenvalue weighted by Crippen LogP contribution is 2.28. The van der Waals surface area contributed by atoms with Crippen LogP contribution < -0.4 is 10.2 Å². The van der Waals surface area contributed by atoms with E-state index in [-0.39, 0.29) is 24.2 Å². The lowest BCUT2D eigenvalue weighted by Crippen LogP contribution is -2.43. The van der Waals surface area contributed by atoms with Crippen LogP contribution >= 0.6 is 0 Å². The minimum Gasteiger partial charge on any atom is -0.354 e. The number of aromatic nitrogens is 3. The van der Waals surface area contributed by atoms with Crippen molar-refractivity contribution in [1.29, 1.82) is 0 Å². The Morgan fingerprint density at radius 1 is 1.13 bits per heavy atom. The predicted molar refractivity (Wildman–Crippen MR) is 114 cm³/mol. The van der Waals surface area contributed by atoms with Gasteiger partial charge in [-0.25, -0.2) is 14.4 Å². The molecule has 5 rings (SSSR count). The van der Waals surface area contributed by atoms with Crippen molar-refractivity contribution in [3.05, 3.63) is 72.3 Å². The predicted octanol–water partition coefficient (Wildman–Crippen LogP) is 3.55. The first kappa shape index (κ1) is 18.5. The molecule has 1 amide bonds. The Bertz CT molecular complexity index is 1220. The summed E-state index contributed by atoms with van der Waals surface area (Å²) in [7, 11) is 0. The third-order valence-electron chi connectivity index (χ3n) is 5.72. The second-order valence-electron chi connectivity index (χ2n) is 7.64. The fraction of sp³-hybridized carbons (Fsp3) is 0.261. The van der Waals surface area contributed by atoms with Gasteiger partial charge in [-0.1, -0.05) is 18.2 Å². The number of pyridine rings is 1. The normalized spacial score (nSPS) is 16.8. The Balaban J connectivity index is 1.37. The molecule has 0 radical (unpaired) electrons. The standard InChI is InChI=1S/C23H22FN5O/c24-18-8-2-1-6-16(18)14-26-23(30)17-7-4-12-28(15-17)22-20-10-5-13-29(20)19-9-3-11-25-21(19)27-22/h1-3,5-6,8-11,13,17H,4,7,12,14-15H2,(H,26,30). The van der Waals surface area contributed by atoms with Crippen LogP contribution in [0.2, 0.25) is 0 Å². The molecule has 1 N–H and O–H groups in total. The van der Waals surface area contributed by atoms with Crippen LogP contribution in [0.25, 0.3) is 16.7 Å². The molecule has 4 aromatic rings. The zero-order chi connectivity index (χ0) is 20.5. The molecule has 1 unspecified atom stereocenters. The Kier molecular flexibility index (Phi) is 4.78. The van der Waals surface area contributed by atoms with Crippen molar-refractivity contribution in [2.45, 2.75) is 19.4 Å². The third kappa shape index (κ3) is 3.36. The Hall–Kier alpha value is -3.48. The van der Waals surface area contributed by atoms with Gasteiger partial charge in [0, 0.05) is 37.6 Å². The van der Waals surface area contributed by atoms with Crippen molar-refractivity contribution in [3.8, 4) is 0 Å².